The topological polar surface area (TPSA) is 60.8 Å². The molecule has 0 radical (unpaired) electrons. The number of nitrogens with zero attached hydrogens (tertiary/aromatic N) is 4. The molecule has 0 bridgehead atoms. The molecule has 7 heteroatoms. The summed E-state index contributed by atoms with van der Waals surface area (Å²) in [5, 5.41) is 8.37. The van der Waals surface area contributed by atoms with Gasteiger partial charge in [-0.05, 0) is 34.6 Å². The van der Waals surface area contributed by atoms with Gasteiger partial charge in [0.2, 0.25) is 5.88 Å². The zero-order valence-corrected chi connectivity index (χ0v) is 13.6. The van der Waals surface area contributed by atoms with Crippen LogP contribution in [0.1, 0.15) is 25.5 Å². The van der Waals surface area contributed by atoms with Crippen LogP contribution in [0.5, 0.6) is 5.88 Å². The maximum absolute atomic E-state index is 6.14. The van der Waals surface area contributed by atoms with E-state index in [0.717, 1.165) is 9.26 Å². The minimum atomic E-state index is 0.261. The Kier molecular flexibility index (Phi) is 4.51. The summed E-state index contributed by atoms with van der Waals surface area (Å²) in [5.74, 6) is 1.19. The molecule has 0 N–H and O–H groups in total. The van der Waals surface area contributed by atoms with Crippen molar-refractivity contribution in [2.75, 3.05) is 7.11 Å². The molecule has 0 aromatic carbocycles. The van der Waals surface area contributed by atoms with Gasteiger partial charge in [-0.25, -0.2) is 9.97 Å². The lowest BCUT2D eigenvalue weighted by Crippen LogP contribution is -2.04. The highest BCUT2D eigenvalue weighted by molar-refractivity contribution is 14.1. The van der Waals surface area contributed by atoms with Crippen LogP contribution in [0.15, 0.2) is 12.1 Å². The average Bonchev–Trinajstić information content (AvgIpc) is 2.41. The lowest BCUT2D eigenvalue weighted by atomic mass is 10.1. The molecule has 5 nitrogen and oxygen atoms in total. The van der Waals surface area contributed by atoms with Crippen LogP contribution in [0.4, 0.5) is 0 Å². The molecule has 2 aromatic heterocycles. The van der Waals surface area contributed by atoms with Gasteiger partial charge in [0.05, 0.1) is 16.4 Å². The molecule has 2 aromatic rings. The molecule has 0 spiro atoms. The van der Waals surface area contributed by atoms with Gasteiger partial charge in [-0.2, -0.15) is 0 Å². The van der Waals surface area contributed by atoms with Crippen molar-refractivity contribution in [1.82, 2.24) is 20.2 Å². The van der Waals surface area contributed by atoms with Gasteiger partial charge in [0.1, 0.15) is 10.8 Å². The monoisotopic (exact) mass is 390 g/mol. The van der Waals surface area contributed by atoms with Crippen molar-refractivity contribution in [2.45, 2.75) is 19.8 Å². The summed E-state index contributed by atoms with van der Waals surface area (Å²) >= 11 is 8.29. The van der Waals surface area contributed by atoms with Crippen LogP contribution in [0.25, 0.3) is 11.5 Å². The second kappa shape index (κ2) is 5.96. The van der Waals surface area contributed by atoms with Gasteiger partial charge in [-0.1, -0.05) is 25.4 Å². The van der Waals surface area contributed by atoms with Crippen molar-refractivity contribution in [3.05, 3.63) is 26.5 Å². The van der Waals surface area contributed by atoms with E-state index in [0.29, 0.717) is 22.6 Å². The van der Waals surface area contributed by atoms with Gasteiger partial charge in [0.25, 0.3) is 0 Å². The second-order valence-electron chi connectivity index (χ2n) is 4.15. The lowest BCUT2D eigenvalue weighted by Gasteiger charge is -2.10. The SMILES string of the molecule is COc1ccc(-c2nc(Cl)c(I)c(C(C)C)n2)nn1. The third-order valence-electron chi connectivity index (χ3n) is 2.46. The molecule has 0 aliphatic carbocycles. The molecule has 0 aliphatic heterocycles. The molecule has 0 unspecified atom stereocenters. The first kappa shape index (κ1) is 14.4. The third-order valence-corrected chi connectivity index (χ3v) is 4.12. The molecule has 0 fully saturated rings. The van der Waals surface area contributed by atoms with E-state index < -0.39 is 0 Å². The van der Waals surface area contributed by atoms with E-state index in [4.69, 9.17) is 16.3 Å². The van der Waals surface area contributed by atoms with Crippen LogP contribution in [0, 0.1) is 3.57 Å². The van der Waals surface area contributed by atoms with E-state index in [1.54, 1.807) is 19.2 Å². The van der Waals surface area contributed by atoms with Crippen LogP contribution in [0.3, 0.4) is 0 Å². The maximum Gasteiger partial charge on any atom is 0.233 e. The second-order valence-corrected chi connectivity index (χ2v) is 5.59. The molecule has 0 aliphatic rings. The highest BCUT2D eigenvalue weighted by atomic mass is 127. The van der Waals surface area contributed by atoms with Crippen molar-refractivity contribution in [1.29, 1.82) is 0 Å². The van der Waals surface area contributed by atoms with Gasteiger partial charge in [-0.15, -0.1) is 10.2 Å². The first-order valence-corrected chi connectivity index (χ1v) is 7.09. The van der Waals surface area contributed by atoms with Crippen LogP contribution in [0.2, 0.25) is 5.15 Å². The highest BCUT2D eigenvalue weighted by Gasteiger charge is 2.15. The van der Waals surface area contributed by atoms with Crippen molar-refractivity contribution in [3.63, 3.8) is 0 Å². The van der Waals surface area contributed by atoms with Crippen molar-refractivity contribution in [3.8, 4) is 17.4 Å². The van der Waals surface area contributed by atoms with Gasteiger partial charge in [0, 0.05) is 6.07 Å². The fraction of sp³-hybridized carbons (Fsp3) is 0.333. The van der Waals surface area contributed by atoms with Crippen molar-refractivity contribution >= 4 is 34.2 Å². The summed E-state index contributed by atoms with van der Waals surface area (Å²) in [7, 11) is 1.54. The van der Waals surface area contributed by atoms with E-state index >= 15 is 0 Å². The van der Waals surface area contributed by atoms with E-state index in [9.17, 15) is 0 Å². The largest absolute Gasteiger partial charge is 0.480 e. The van der Waals surface area contributed by atoms with Gasteiger partial charge >= 0.3 is 0 Å². The Balaban J connectivity index is 2.49. The smallest absolute Gasteiger partial charge is 0.233 e. The Morgan fingerprint density at radius 2 is 1.95 bits per heavy atom. The molecule has 2 rings (SSSR count). The van der Waals surface area contributed by atoms with E-state index in [1.165, 1.54) is 0 Å². The number of halogens is 2. The molecule has 0 atom stereocenters. The summed E-state index contributed by atoms with van der Waals surface area (Å²) in [6.45, 7) is 4.12. The lowest BCUT2D eigenvalue weighted by molar-refractivity contribution is 0.392. The molecule has 0 saturated heterocycles. The van der Waals surface area contributed by atoms with Gasteiger partial charge < -0.3 is 4.74 Å². The summed E-state index contributed by atoms with van der Waals surface area (Å²) in [5.41, 5.74) is 1.48. The van der Waals surface area contributed by atoms with E-state index in [1.807, 2.05) is 0 Å². The van der Waals surface area contributed by atoms with E-state index in [2.05, 4.69) is 56.6 Å². The van der Waals surface area contributed by atoms with Crippen LogP contribution in [-0.4, -0.2) is 27.3 Å². The Labute approximate surface area is 129 Å². The standard InChI is InChI=1S/C12H12ClIN4O/c1-6(2)10-9(14)11(13)16-12(15-10)7-4-5-8(19-3)18-17-7/h4-6H,1-3H3. The number of rotatable bonds is 3. The van der Waals surface area contributed by atoms with Gasteiger partial charge in [-0.3, -0.25) is 0 Å². The Bertz CT molecular complexity index is 589. The molecule has 0 saturated carbocycles. The maximum atomic E-state index is 6.14. The van der Waals surface area contributed by atoms with E-state index in [-0.39, 0.29) is 5.92 Å². The molecule has 19 heavy (non-hydrogen) atoms. The number of ether oxygens (including phenoxy) is 1. The first-order valence-electron chi connectivity index (χ1n) is 5.64. The Morgan fingerprint density at radius 1 is 1.21 bits per heavy atom. The fourth-order valence-electron chi connectivity index (χ4n) is 1.48. The first-order chi connectivity index (χ1) is 9.02. The molecular weight excluding hydrogens is 379 g/mol. The summed E-state index contributed by atoms with van der Waals surface area (Å²) in [4.78, 5) is 8.76. The Morgan fingerprint density at radius 3 is 2.47 bits per heavy atom. The highest BCUT2D eigenvalue weighted by Crippen LogP contribution is 2.27. The van der Waals surface area contributed by atoms with Gasteiger partial charge in [0.15, 0.2) is 5.82 Å². The molecule has 2 heterocycles. The number of aromatic nitrogens is 4. The van der Waals surface area contributed by atoms with Crippen LogP contribution in [-0.2, 0) is 0 Å². The van der Waals surface area contributed by atoms with Crippen LogP contribution >= 0.6 is 34.2 Å². The predicted octanol–water partition coefficient (Wildman–Crippen LogP) is 3.32. The van der Waals surface area contributed by atoms with Crippen molar-refractivity contribution < 1.29 is 4.74 Å². The summed E-state index contributed by atoms with van der Waals surface area (Å²) < 4.78 is 5.84. The van der Waals surface area contributed by atoms with Crippen molar-refractivity contribution in [2.24, 2.45) is 0 Å². The normalized spacial score (nSPS) is 10.8. The predicted molar refractivity (Wildman–Crippen MR) is 81.4 cm³/mol. The third kappa shape index (κ3) is 3.11. The average molecular weight is 391 g/mol. The number of hydrogen-bond acceptors (Lipinski definition) is 5. The number of hydrogen-bond donors (Lipinski definition) is 0. The fourth-order valence-corrected chi connectivity index (χ4v) is 2.52. The zero-order chi connectivity index (χ0) is 14.0. The number of methoxy groups -OCH3 is 1. The molecule has 0 amide bonds. The summed E-state index contributed by atoms with van der Waals surface area (Å²) in [6.07, 6.45) is 0. The molecular formula is C12H12ClIN4O. The quantitative estimate of drug-likeness (QED) is 0.594. The summed E-state index contributed by atoms with van der Waals surface area (Å²) in [6, 6.07) is 3.47. The van der Waals surface area contributed by atoms with Crippen LogP contribution < -0.4 is 4.74 Å². The minimum absolute atomic E-state index is 0.261. The molecule has 100 valence electrons. The minimum Gasteiger partial charge on any atom is -0.480 e. The Hall–Kier alpha value is -1.02. The zero-order valence-electron chi connectivity index (χ0n) is 10.7.